The highest BCUT2D eigenvalue weighted by molar-refractivity contribution is 7.89. The number of benzene rings is 1. The van der Waals surface area contributed by atoms with Gasteiger partial charge in [0.15, 0.2) is 0 Å². The minimum Gasteiger partial charge on any atom is -0.330 e. The molecule has 5 nitrogen and oxygen atoms in total. The predicted molar refractivity (Wildman–Crippen MR) is 88.0 cm³/mol. The van der Waals surface area contributed by atoms with Gasteiger partial charge in [0.2, 0.25) is 10.0 Å². The van der Waals surface area contributed by atoms with Gasteiger partial charge in [-0.3, -0.25) is 0 Å². The van der Waals surface area contributed by atoms with Crippen molar-refractivity contribution in [3.63, 3.8) is 0 Å². The molecule has 2 heterocycles. The summed E-state index contributed by atoms with van der Waals surface area (Å²) in [6.45, 7) is 6.00. The number of sulfonamides is 1. The minimum absolute atomic E-state index is 0.132. The van der Waals surface area contributed by atoms with E-state index in [1.54, 1.807) is 10.6 Å². The van der Waals surface area contributed by atoms with Crippen LogP contribution in [0.3, 0.4) is 0 Å². The Hall–Kier alpha value is -1.40. The fourth-order valence-corrected chi connectivity index (χ4v) is 5.01. The molecular weight excluding hydrogens is 298 g/mol. The summed E-state index contributed by atoms with van der Waals surface area (Å²) in [6.07, 6.45) is 2.83. The molecule has 120 valence electrons. The van der Waals surface area contributed by atoms with Crippen molar-refractivity contribution in [1.82, 2.24) is 13.9 Å². The van der Waals surface area contributed by atoms with Gasteiger partial charge in [-0.15, -0.1) is 0 Å². The number of aryl methyl sites for hydroxylation is 1. The van der Waals surface area contributed by atoms with E-state index in [-0.39, 0.29) is 5.75 Å². The summed E-state index contributed by atoms with van der Waals surface area (Å²) in [5.41, 5.74) is 1.89. The van der Waals surface area contributed by atoms with Crippen molar-refractivity contribution in [3.05, 3.63) is 30.6 Å². The lowest BCUT2D eigenvalue weighted by atomic mass is 9.94. The summed E-state index contributed by atoms with van der Waals surface area (Å²) in [5, 5.41) is 0. The zero-order valence-electron chi connectivity index (χ0n) is 13.1. The first-order valence-electron chi connectivity index (χ1n) is 7.83. The zero-order chi connectivity index (χ0) is 15.7. The molecule has 0 amide bonds. The van der Waals surface area contributed by atoms with Crippen molar-refractivity contribution in [2.75, 3.05) is 18.8 Å². The van der Waals surface area contributed by atoms with E-state index in [1.807, 2.05) is 28.8 Å². The third kappa shape index (κ3) is 3.17. The summed E-state index contributed by atoms with van der Waals surface area (Å²) in [5.74, 6) is 1.01. The van der Waals surface area contributed by atoms with Gasteiger partial charge in [-0.1, -0.05) is 26.0 Å². The van der Waals surface area contributed by atoms with Crippen LogP contribution in [0.25, 0.3) is 11.0 Å². The number of hydrogen-bond donors (Lipinski definition) is 0. The molecule has 1 fully saturated rings. The van der Waals surface area contributed by atoms with Crippen LogP contribution in [0.1, 0.15) is 20.3 Å². The van der Waals surface area contributed by atoms with Crippen LogP contribution in [0.5, 0.6) is 0 Å². The molecule has 22 heavy (non-hydrogen) atoms. The number of nitrogens with zero attached hydrogens (tertiary/aromatic N) is 3. The molecule has 2 aromatic rings. The second-order valence-corrected chi connectivity index (χ2v) is 8.59. The first-order valence-corrected chi connectivity index (χ1v) is 9.44. The molecule has 6 heteroatoms. The van der Waals surface area contributed by atoms with Crippen molar-refractivity contribution in [2.24, 2.45) is 11.8 Å². The average molecular weight is 321 g/mol. The van der Waals surface area contributed by atoms with Crippen molar-refractivity contribution in [1.29, 1.82) is 0 Å². The lowest BCUT2D eigenvalue weighted by Gasteiger charge is -2.34. The Labute approximate surface area is 132 Å². The van der Waals surface area contributed by atoms with E-state index in [0.717, 1.165) is 17.5 Å². The lowest BCUT2D eigenvalue weighted by Crippen LogP contribution is -2.44. The number of piperidine rings is 1. The second-order valence-electron chi connectivity index (χ2n) is 6.51. The van der Waals surface area contributed by atoms with Crippen LogP contribution >= 0.6 is 0 Å². The summed E-state index contributed by atoms with van der Waals surface area (Å²) in [6, 6.07) is 7.80. The first-order chi connectivity index (χ1) is 10.5. The van der Waals surface area contributed by atoms with Crippen LogP contribution in [-0.4, -0.2) is 41.1 Å². The van der Waals surface area contributed by atoms with Crippen molar-refractivity contribution < 1.29 is 8.42 Å². The van der Waals surface area contributed by atoms with Crippen molar-refractivity contribution >= 4 is 21.1 Å². The van der Waals surface area contributed by atoms with Gasteiger partial charge in [-0.05, 0) is 30.4 Å². The highest BCUT2D eigenvalue weighted by atomic mass is 32.2. The van der Waals surface area contributed by atoms with Crippen molar-refractivity contribution in [2.45, 2.75) is 26.8 Å². The Morgan fingerprint density at radius 3 is 2.59 bits per heavy atom. The fourth-order valence-electron chi connectivity index (χ4n) is 3.36. The summed E-state index contributed by atoms with van der Waals surface area (Å²) >= 11 is 0. The van der Waals surface area contributed by atoms with Gasteiger partial charge in [0, 0.05) is 19.6 Å². The third-order valence-corrected chi connectivity index (χ3v) is 6.13. The molecule has 0 radical (unpaired) electrons. The first kappa shape index (κ1) is 15.5. The SMILES string of the molecule is C[C@H]1C[C@H](C)CN(S(=O)(=O)CCn2cnc3ccccc32)C1. The van der Waals surface area contributed by atoms with Gasteiger partial charge in [0.1, 0.15) is 0 Å². The fraction of sp³-hybridized carbons (Fsp3) is 0.562. The van der Waals surface area contributed by atoms with Crippen LogP contribution in [-0.2, 0) is 16.6 Å². The molecule has 1 aromatic heterocycles. The van der Waals surface area contributed by atoms with Crippen molar-refractivity contribution in [3.8, 4) is 0 Å². The number of aromatic nitrogens is 2. The summed E-state index contributed by atoms with van der Waals surface area (Å²) in [7, 11) is -3.21. The van der Waals surface area contributed by atoms with E-state index in [2.05, 4.69) is 18.8 Å². The molecule has 0 saturated carbocycles. The standard InChI is InChI=1S/C16H23N3O2S/c1-13-9-14(2)11-19(10-13)22(20,21)8-7-18-12-17-15-5-3-4-6-16(15)18/h3-6,12-14H,7-11H2,1-2H3/t13-,14-/m0/s1. The molecule has 2 atom stereocenters. The predicted octanol–water partition coefficient (Wildman–Crippen LogP) is 2.34. The molecule has 0 unspecified atom stereocenters. The molecule has 0 spiro atoms. The van der Waals surface area contributed by atoms with Crippen LogP contribution < -0.4 is 0 Å². The maximum atomic E-state index is 12.6. The number of imidazole rings is 1. The maximum absolute atomic E-state index is 12.6. The van der Waals surface area contributed by atoms with E-state index in [9.17, 15) is 8.42 Å². The van der Waals surface area contributed by atoms with E-state index in [0.29, 0.717) is 31.5 Å². The zero-order valence-corrected chi connectivity index (χ0v) is 14.0. The van der Waals surface area contributed by atoms with E-state index >= 15 is 0 Å². The maximum Gasteiger partial charge on any atom is 0.215 e. The van der Waals surface area contributed by atoms with E-state index in [4.69, 9.17) is 0 Å². The highest BCUT2D eigenvalue weighted by Gasteiger charge is 2.30. The molecule has 0 bridgehead atoms. The Morgan fingerprint density at radius 1 is 1.18 bits per heavy atom. The van der Waals surface area contributed by atoms with Crippen LogP contribution in [0.2, 0.25) is 0 Å². The normalized spacial score (nSPS) is 23.9. The Balaban J connectivity index is 1.72. The van der Waals surface area contributed by atoms with E-state index < -0.39 is 10.0 Å². The van der Waals surface area contributed by atoms with Gasteiger partial charge in [0.05, 0.1) is 23.1 Å². The quantitative estimate of drug-likeness (QED) is 0.868. The smallest absolute Gasteiger partial charge is 0.215 e. The number of para-hydroxylation sites is 2. The Morgan fingerprint density at radius 2 is 1.86 bits per heavy atom. The number of fused-ring (bicyclic) bond motifs is 1. The van der Waals surface area contributed by atoms with Crippen LogP contribution in [0.15, 0.2) is 30.6 Å². The monoisotopic (exact) mass is 321 g/mol. The average Bonchev–Trinajstić information content (AvgIpc) is 2.87. The van der Waals surface area contributed by atoms with Gasteiger partial charge in [0.25, 0.3) is 0 Å². The third-order valence-electron chi connectivity index (χ3n) is 4.35. The molecule has 0 aliphatic carbocycles. The molecule has 1 aliphatic rings. The topological polar surface area (TPSA) is 55.2 Å². The lowest BCUT2D eigenvalue weighted by molar-refractivity contribution is 0.222. The number of hydrogen-bond acceptors (Lipinski definition) is 3. The summed E-state index contributed by atoms with van der Waals surface area (Å²) < 4.78 is 28.8. The molecule has 1 aromatic carbocycles. The highest BCUT2D eigenvalue weighted by Crippen LogP contribution is 2.23. The molecule has 1 saturated heterocycles. The molecular formula is C16H23N3O2S. The number of rotatable bonds is 4. The summed E-state index contributed by atoms with van der Waals surface area (Å²) in [4.78, 5) is 4.31. The van der Waals surface area contributed by atoms with Gasteiger partial charge in [-0.2, -0.15) is 0 Å². The Kier molecular flexibility index (Phi) is 4.23. The van der Waals surface area contributed by atoms with Crippen LogP contribution in [0.4, 0.5) is 0 Å². The largest absolute Gasteiger partial charge is 0.330 e. The van der Waals surface area contributed by atoms with Crippen LogP contribution in [0, 0.1) is 11.8 Å². The molecule has 1 aliphatic heterocycles. The molecule has 3 rings (SSSR count). The molecule has 0 N–H and O–H groups in total. The van der Waals surface area contributed by atoms with Gasteiger partial charge in [-0.25, -0.2) is 17.7 Å². The van der Waals surface area contributed by atoms with E-state index in [1.165, 1.54) is 0 Å². The van der Waals surface area contributed by atoms with Gasteiger partial charge < -0.3 is 4.57 Å². The van der Waals surface area contributed by atoms with Gasteiger partial charge >= 0.3 is 0 Å². The Bertz CT molecular complexity index is 744. The minimum atomic E-state index is -3.21. The second kappa shape index (κ2) is 6.01.